The molecule has 1 heterocycles. The lowest BCUT2D eigenvalue weighted by molar-refractivity contribution is 0.0858. The topological polar surface area (TPSA) is 84.5 Å². The molecular weight excluding hydrogens is 420 g/mol. The van der Waals surface area contributed by atoms with Crippen LogP contribution in [0.3, 0.4) is 0 Å². The summed E-state index contributed by atoms with van der Waals surface area (Å²) < 4.78 is 33.9. The third-order valence-electron chi connectivity index (χ3n) is 4.05. The monoisotopic (exact) mass is 438 g/mol. The van der Waals surface area contributed by atoms with Gasteiger partial charge in [-0.05, 0) is 49.2 Å². The Hall–Kier alpha value is -1.90. The van der Waals surface area contributed by atoms with Crippen molar-refractivity contribution in [2.24, 2.45) is 0 Å². The lowest BCUT2D eigenvalue weighted by Gasteiger charge is -2.14. The predicted octanol–water partition coefficient (Wildman–Crippen LogP) is 3.16. The van der Waals surface area contributed by atoms with Gasteiger partial charge >= 0.3 is 0 Å². The fraction of sp³-hybridized carbons (Fsp3) is 0.278. The molecule has 26 heavy (non-hydrogen) atoms. The largest absolute Gasteiger partial charge is 0.376 e. The highest BCUT2D eigenvalue weighted by Gasteiger charge is 2.20. The first-order chi connectivity index (χ1) is 12.5. The summed E-state index contributed by atoms with van der Waals surface area (Å²) in [7, 11) is -3.79. The molecule has 3 rings (SSSR count). The van der Waals surface area contributed by atoms with E-state index in [1.165, 1.54) is 12.1 Å². The number of nitrogens with one attached hydrogen (secondary N) is 2. The Balaban J connectivity index is 1.75. The Kier molecular flexibility index (Phi) is 5.95. The number of sulfonamides is 1. The van der Waals surface area contributed by atoms with E-state index in [2.05, 4.69) is 26.0 Å². The molecule has 0 bridgehead atoms. The van der Waals surface area contributed by atoms with Gasteiger partial charge in [-0.25, -0.2) is 8.42 Å². The molecule has 2 aromatic carbocycles. The van der Waals surface area contributed by atoms with Crippen LogP contribution in [-0.2, 0) is 14.8 Å². The quantitative estimate of drug-likeness (QED) is 0.725. The fourth-order valence-electron chi connectivity index (χ4n) is 2.69. The molecule has 2 aromatic rings. The molecule has 8 heteroatoms. The minimum atomic E-state index is -3.79. The van der Waals surface area contributed by atoms with Gasteiger partial charge in [-0.15, -0.1) is 0 Å². The molecule has 2 N–H and O–H groups in total. The van der Waals surface area contributed by atoms with Gasteiger partial charge in [-0.2, -0.15) is 0 Å². The number of hydrogen-bond donors (Lipinski definition) is 2. The molecule has 138 valence electrons. The molecule has 0 aromatic heterocycles. The van der Waals surface area contributed by atoms with E-state index in [0.717, 1.165) is 17.3 Å². The van der Waals surface area contributed by atoms with E-state index in [0.29, 0.717) is 13.2 Å². The standard InChI is InChI=1S/C18H19BrN2O4S/c19-13-7-9-15(10-8-13)26(23,24)21-17-6-2-1-5-16(17)18(22)20-12-14-4-3-11-25-14/h1-2,5-10,14,21H,3-4,11-12H2,(H,20,22)/t14-/m0/s1. The molecule has 0 aliphatic carbocycles. The third kappa shape index (κ3) is 4.63. The highest BCUT2D eigenvalue weighted by molar-refractivity contribution is 9.10. The van der Waals surface area contributed by atoms with Crippen LogP contribution < -0.4 is 10.0 Å². The third-order valence-corrected chi connectivity index (χ3v) is 5.96. The Bertz CT molecular complexity index is 878. The highest BCUT2D eigenvalue weighted by atomic mass is 79.9. The Morgan fingerprint density at radius 2 is 1.88 bits per heavy atom. The summed E-state index contributed by atoms with van der Waals surface area (Å²) in [5, 5.41) is 2.81. The van der Waals surface area contributed by atoms with Gasteiger partial charge in [0.15, 0.2) is 0 Å². The van der Waals surface area contributed by atoms with Crippen molar-refractivity contribution in [1.82, 2.24) is 5.32 Å². The van der Waals surface area contributed by atoms with Crippen LogP contribution in [0.2, 0.25) is 0 Å². The first-order valence-electron chi connectivity index (χ1n) is 8.23. The van der Waals surface area contributed by atoms with Crippen molar-refractivity contribution >= 4 is 37.5 Å². The summed E-state index contributed by atoms with van der Waals surface area (Å²) in [5.74, 6) is -0.338. The van der Waals surface area contributed by atoms with Crippen molar-refractivity contribution in [3.05, 3.63) is 58.6 Å². The zero-order chi connectivity index (χ0) is 18.6. The summed E-state index contributed by atoms with van der Waals surface area (Å²) in [5.41, 5.74) is 0.506. The average molecular weight is 439 g/mol. The summed E-state index contributed by atoms with van der Waals surface area (Å²) in [6, 6.07) is 12.8. The summed E-state index contributed by atoms with van der Waals surface area (Å²) in [6.07, 6.45) is 1.92. The van der Waals surface area contributed by atoms with Crippen LogP contribution in [0.5, 0.6) is 0 Å². The van der Waals surface area contributed by atoms with Crippen LogP contribution in [0.15, 0.2) is 57.9 Å². The summed E-state index contributed by atoms with van der Waals surface area (Å²) in [6.45, 7) is 1.12. The molecule has 0 spiro atoms. The van der Waals surface area contributed by atoms with E-state index in [1.54, 1.807) is 36.4 Å². The predicted molar refractivity (Wildman–Crippen MR) is 103 cm³/mol. The number of para-hydroxylation sites is 1. The van der Waals surface area contributed by atoms with E-state index in [-0.39, 0.29) is 28.2 Å². The first-order valence-corrected chi connectivity index (χ1v) is 10.5. The number of ether oxygens (including phenoxy) is 1. The van der Waals surface area contributed by atoms with E-state index in [1.807, 2.05) is 0 Å². The molecule has 1 saturated heterocycles. The van der Waals surface area contributed by atoms with E-state index >= 15 is 0 Å². The Morgan fingerprint density at radius 3 is 2.58 bits per heavy atom. The Labute approximate surface area is 161 Å². The van der Waals surface area contributed by atoms with E-state index in [9.17, 15) is 13.2 Å². The van der Waals surface area contributed by atoms with E-state index < -0.39 is 10.0 Å². The summed E-state index contributed by atoms with van der Waals surface area (Å²) in [4.78, 5) is 12.6. The number of benzene rings is 2. The van der Waals surface area contributed by atoms with Crippen LogP contribution in [-0.4, -0.2) is 33.6 Å². The minimum Gasteiger partial charge on any atom is -0.376 e. The second-order valence-electron chi connectivity index (χ2n) is 5.95. The van der Waals surface area contributed by atoms with Crippen molar-refractivity contribution in [2.45, 2.75) is 23.8 Å². The van der Waals surface area contributed by atoms with Crippen molar-refractivity contribution in [1.29, 1.82) is 0 Å². The van der Waals surface area contributed by atoms with Gasteiger partial charge in [-0.1, -0.05) is 28.1 Å². The lowest BCUT2D eigenvalue weighted by atomic mass is 10.1. The maximum Gasteiger partial charge on any atom is 0.261 e. The highest BCUT2D eigenvalue weighted by Crippen LogP contribution is 2.21. The SMILES string of the molecule is O=C(NC[C@@H]1CCCO1)c1ccccc1NS(=O)(=O)c1ccc(Br)cc1. The second-order valence-corrected chi connectivity index (χ2v) is 8.55. The second kappa shape index (κ2) is 8.20. The normalized spacial score (nSPS) is 17.0. The number of hydrogen-bond acceptors (Lipinski definition) is 4. The molecule has 1 atom stereocenters. The lowest BCUT2D eigenvalue weighted by Crippen LogP contribution is -2.32. The van der Waals surface area contributed by atoms with Gasteiger partial charge < -0.3 is 10.1 Å². The Morgan fingerprint density at radius 1 is 1.15 bits per heavy atom. The van der Waals surface area contributed by atoms with Crippen LogP contribution in [0, 0.1) is 0 Å². The van der Waals surface area contributed by atoms with Gasteiger partial charge in [0, 0.05) is 17.6 Å². The van der Waals surface area contributed by atoms with Gasteiger partial charge in [-0.3, -0.25) is 9.52 Å². The zero-order valence-electron chi connectivity index (χ0n) is 13.9. The number of rotatable bonds is 6. The molecule has 0 radical (unpaired) electrons. The van der Waals surface area contributed by atoms with E-state index in [4.69, 9.17) is 4.74 Å². The number of anilines is 1. The summed E-state index contributed by atoms with van der Waals surface area (Å²) >= 11 is 3.28. The van der Waals surface area contributed by atoms with Crippen molar-refractivity contribution in [2.75, 3.05) is 17.9 Å². The van der Waals surface area contributed by atoms with Crippen LogP contribution >= 0.6 is 15.9 Å². The number of halogens is 1. The van der Waals surface area contributed by atoms with Crippen LogP contribution in [0.1, 0.15) is 23.2 Å². The van der Waals surface area contributed by atoms with Crippen molar-refractivity contribution in [3.8, 4) is 0 Å². The maximum atomic E-state index is 12.6. The smallest absolute Gasteiger partial charge is 0.261 e. The molecule has 0 saturated carbocycles. The molecule has 1 aliphatic heterocycles. The minimum absolute atomic E-state index is 0.0190. The molecule has 1 aliphatic rings. The van der Waals surface area contributed by atoms with Crippen molar-refractivity contribution in [3.63, 3.8) is 0 Å². The van der Waals surface area contributed by atoms with Crippen molar-refractivity contribution < 1.29 is 17.9 Å². The van der Waals surface area contributed by atoms with Gasteiger partial charge in [0.2, 0.25) is 0 Å². The van der Waals surface area contributed by atoms with Gasteiger partial charge in [0.25, 0.3) is 15.9 Å². The molecular formula is C18H19BrN2O4S. The van der Waals surface area contributed by atoms with Crippen LogP contribution in [0.4, 0.5) is 5.69 Å². The number of carbonyl (C=O) groups excluding carboxylic acids is 1. The zero-order valence-corrected chi connectivity index (χ0v) is 16.3. The van der Waals surface area contributed by atoms with Crippen LogP contribution in [0.25, 0.3) is 0 Å². The molecule has 1 fully saturated rings. The first kappa shape index (κ1) is 18.9. The maximum absolute atomic E-state index is 12.6. The molecule has 6 nitrogen and oxygen atoms in total. The fourth-order valence-corrected chi connectivity index (χ4v) is 4.04. The molecule has 0 unspecified atom stereocenters. The van der Waals surface area contributed by atoms with Gasteiger partial charge in [0.1, 0.15) is 0 Å². The molecule has 1 amide bonds. The van der Waals surface area contributed by atoms with Gasteiger partial charge in [0.05, 0.1) is 22.3 Å². The number of amides is 1. The number of carbonyl (C=O) groups is 1. The average Bonchev–Trinajstić information content (AvgIpc) is 3.14.